The first kappa shape index (κ1) is 24.0. The summed E-state index contributed by atoms with van der Waals surface area (Å²) in [4.78, 5) is 17.3. The minimum atomic E-state index is -3.77. The summed E-state index contributed by atoms with van der Waals surface area (Å²) in [5, 5.41) is 4.06. The summed E-state index contributed by atoms with van der Waals surface area (Å²) < 4.78 is 35.0. The minimum absolute atomic E-state index is 0.0517. The summed E-state index contributed by atoms with van der Waals surface area (Å²) in [5.41, 5.74) is -1.90. The molecule has 1 aromatic rings. The Morgan fingerprint density at radius 3 is 2.34 bits per heavy atom. The smallest absolute Gasteiger partial charge is 0.345 e. The molecule has 1 unspecified atom stereocenters. The number of nitrogens with zero attached hydrogens (tertiary/aromatic N) is 2. The summed E-state index contributed by atoms with van der Waals surface area (Å²) in [6.45, 7) is 8.95. The van der Waals surface area contributed by atoms with Crippen molar-refractivity contribution in [3.63, 3.8) is 0 Å². The zero-order valence-corrected chi connectivity index (χ0v) is 19.2. The summed E-state index contributed by atoms with van der Waals surface area (Å²) in [5.74, 6) is 0.771. The lowest BCUT2D eigenvalue weighted by molar-refractivity contribution is -0.154. The quantitative estimate of drug-likeness (QED) is 0.388. The number of rotatable bonds is 10. The molecule has 0 aromatic carbocycles. The van der Waals surface area contributed by atoms with Gasteiger partial charge in [0.1, 0.15) is 5.60 Å². The Hall–Kier alpha value is -1.24. The maximum absolute atomic E-state index is 13.3. The van der Waals surface area contributed by atoms with Crippen LogP contribution < -0.4 is 0 Å². The highest BCUT2D eigenvalue weighted by Crippen LogP contribution is 2.54. The largest absolute Gasteiger partial charge is 0.459 e. The Kier molecular flexibility index (Phi) is 8.86. The van der Waals surface area contributed by atoms with Gasteiger partial charge in [-0.2, -0.15) is 4.98 Å². The van der Waals surface area contributed by atoms with Crippen LogP contribution in [-0.2, 0) is 36.0 Å². The second-order valence-corrected chi connectivity index (χ2v) is 10.7. The SMILES string of the molecule is CCOP(=O)(OCC)C(Cc1nc(CC2CCCCC2)no1)C(=O)OC(C)(C)C. The first-order chi connectivity index (χ1) is 13.7. The highest BCUT2D eigenvalue weighted by Gasteiger charge is 2.44. The number of carbonyl (C=O) groups excluding carboxylic acids is 1. The van der Waals surface area contributed by atoms with Crippen molar-refractivity contribution in [1.82, 2.24) is 10.1 Å². The first-order valence-corrected chi connectivity index (χ1v) is 12.2. The van der Waals surface area contributed by atoms with E-state index in [0.717, 1.165) is 6.42 Å². The van der Waals surface area contributed by atoms with Crippen LogP contribution in [0.2, 0.25) is 0 Å². The van der Waals surface area contributed by atoms with Crippen molar-refractivity contribution in [2.45, 2.75) is 90.8 Å². The predicted molar refractivity (Wildman–Crippen MR) is 109 cm³/mol. The van der Waals surface area contributed by atoms with E-state index in [1.54, 1.807) is 34.6 Å². The third kappa shape index (κ3) is 7.50. The normalized spacial score (nSPS) is 17.3. The zero-order chi connectivity index (χ0) is 21.5. The molecule has 0 radical (unpaired) electrons. The number of ether oxygens (including phenoxy) is 1. The van der Waals surface area contributed by atoms with Crippen molar-refractivity contribution in [3.8, 4) is 0 Å². The summed E-state index contributed by atoms with van der Waals surface area (Å²) in [7, 11) is -3.77. The van der Waals surface area contributed by atoms with E-state index in [-0.39, 0.29) is 25.5 Å². The van der Waals surface area contributed by atoms with Gasteiger partial charge in [-0.25, -0.2) is 0 Å². The van der Waals surface area contributed by atoms with E-state index in [4.69, 9.17) is 18.3 Å². The lowest BCUT2D eigenvalue weighted by Gasteiger charge is -2.27. The van der Waals surface area contributed by atoms with Crippen LogP contribution in [0, 0.1) is 5.92 Å². The van der Waals surface area contributed by atoms with E-state index in [2.05, 4.69) is 10.1 Å². The molecule has 0 aliphatic heterocycles. The first-order valence-electron chi connectivity index (χ1n) is 10.6. The Morgan fingerprint density at radius 2 is 1.79 bits per heavy atom. The molecule has 2 rings (SSSR count). The topological polar surface area (TPSA) is 101 Å². The number of aromatic nitrogens is 2. The summed E-state index contributed by atoms with van der Waals surface area (Å²) >= 11 is 0. The fraction of sp³-hybridized carbons (Fsp3) is 0.850. The van der Waals surface area contributed by atoms with Gasteiger partial charge in [-0.1, -0.05) is 37.3 Å². The monoisotopic (exact) mass is 430 g/mol. The summed E-state index contributed by atoms with van der Waals surface area (Å²) in [6.07, 6.45) is 6.82. The second-order valence-electron chi connectivity index (χ2n) is 8.44. The maximum Gasteiger partial charge on any atom is 0.345 e. The molecule has 1 saturated carbocycles. The van der Waals surface area contributed by atoms with Crippen molar-refractivity contribution in [1.29, 1.82) is 0 Å². The standard InChI is InChI=1S/C20H35N2O6P/c1-6-25-29(24,26-7-2)16(19(23)27-20(3,4)5)14-18-21-17(22-28-18)13-15-11-9-8-10-12-15/h15-16H,6-14H2,1-5H3. The molecule has 1 atom stereocenters. The van der Waals surface area contributed by atoms with Gasteiger partial charge in [0.15, 0.2) is 11.5 Å². The van der Waals surface area contributed by atoms with Crippen molar-refractivity contribution in [2.24, 2.45) is 5.92 Å². The van der Waals surface area contributed by atoms with Gasteiger partial charge in [0.05, 0.1) is 19.6 Å². The Bertz CT molecular complexity index is 683. The molecule has 1 aromatic heterocycles. The minimum Gasteiger partial charge on any atom is -0.459 e. The van der Waals surface area contributed by atoms with Crippen LogP contribution in [0.1, 0.15) is 78.4 Å². The maximum atomic E-state index is 13.3. The van der Waals surface area contributed by atoms with Gasteiger partial charge >= 0.3 is 13.6 Å². The van der Waals surface area contributed by atoms with Crippen LogP contribution in [0.5, 0.6) is 0 Å². The molecule has 8 nitrogen and oxygen atoms in total. The van der Waals surface area contributed by atoms with Gasteiger partial charge in [-0.15, -0.1) is 0 Å². The zero-order valence-electron chi connectivity index (χ0n) is 18.3. The van der Waals surface area contributed by atoms with Crippen LogP contribution in [0.3, 0.4) is 0 Å². The molecule has 0 N–H and O–H groups in total. The third-order valence-corrected chi connectivity index (χ3v) is 7.15. The Labute approximate surface area is 173 Å². The fourth-order valence-electron chi connectivity index (χ4n) is 3.54. The molecular weight excluding hydrogens is 395 g/mol. The molecule has 0 amide bonds. The number of carbonyl (C=O) groups is 1. The van der Waals surface area contributed by atoms with Gasteiger partial charge in [0, 0.05) is 6.42 Å². The third-order valence-electron chi connectivity index (χ3n) is 4.75. The molecule has 166 valence electrons. The highest BCUT2D eigenvalue weighted by atomic mass is 31.2. The Morgan fingerprint density at radius 1 is 1.17 bits per heavy atom. The van der Waals surface area contributed by atoms with Crippen LogP contribution in [-0.4, -0.2) is 40.6 Å². The Balaban J connectivity index is 2.18. The molecule has 0 saturated heterocycles. The van der Waals surface area contributed by atoms with Crippen LogP contribution >= 0.6 is 7.60 Å². The predicted octanol–water partition coefficient (Wildman–Crippen LogP) is 4.71. The highest BCUT2D eigenvalue weighted by molar-refractivity contribution is 7.55. The molecule has 9 heteroatoms. The van der Waals surface area contributed by atoms with E-state index in [1.807, 2.05) is 0 Å². The molecule has 0 spiro atoms. The van der Waals surface area contributed by atoms with Gasteiger partial charge in [-0.05, 0) is 40.5 Å². The average molecular weight is 430 g/mol. The van der Waals surface area contributed by atoms with E-state index >= 15 is 0 Å². The van der Waals surface area contributed by atoms with Gasteiger partial charge < -0.3 is 18.3 Å². The van der Waals surface area contributed by atoms with E-state index < -0.39 is 24.8 Å². The van der Waals surface area contributed by atoms with Gasteiger partial charge in [-0.3, -0.25) is 9.36 Å². The van der Waals surface area contributed by atoms with Crippen LogP contribution in [0.4, 0.5) is 0 Å². The van der Waals surface area contributed by atoms with Gasteiger partial charge in [0.2, 0.25) is 5.89 Å². The molecular formula is C20H35N2O6P. The molecule has 0 bridgehead atoms. The van der Waals surface area contributed by atoms with Crippen LogP contribution in [0.25, 0.3) is 0 Å². The average Bonchev–Trinajstić information content (AvgIpc) is 3.06. The number of esters is 1. The number of hydrogen-bond acceptors (Lipinski definition) is 8. The molecule has 1 aliphatic rings. The van der Waals surface area contributed by atoms with E-state index in [1.165, 1.54) is 32.1 Å². The summed E-state index contributed by atoms with van der Waals surface area (Å²) in [6, 6.07) is 0. The lowest BCUT2D eigenvalue weighted by atomic mass is 9.87. The van der Waals surface area contributed by atoms with Gasteiger partial charge in [0.25, 0.3) is 0 Å². The molecule has 1 fully saturated rings. The molecule has 1 aliphatic carbocycles. The number of hydrogen-bond donors (Lipinski definition) is 0. The van der Waals surface area contributed by atoms with Crippen molar-refractivity contribution in [3.05, 3.63) is 11.7 Å². The van der Waals surface area contributed by atoms with Crippen molar-refractivity contribution >= 4 is 13.6 Å². The van der Waals surface area contributed by atoms with E-state index in [0.29, 0.717) is 11.7 Å². The molecule has 29 heavy (non-hydrogen) atoms. The lowest BCUT2D eigenvalue weighted by Crippen LogP contribution is -2.34. The van der Waals surface area contributed by atoms with Crippen LogP contribution in [0.15, 0.2) is 4.52 Å². The van der Waals surface area contributed by atoms with E-state index in [9.17, 15) is 9.36 Å². The molecule has 1 heterocycles. The van der Waals surface area contributed by atoms with Crippen molar-refractivity contribution in [2.75, 3.05) is 13.2 Å². The van der Waals surface area contributed by atoms with Crippen molar-refractivity contribution < 1.29 is 27.7 Å². The fourth-order valence-corrected chi connectivity index (χ4v) is 5.39. The second kappa shape index (κ2) is 10.7.